The van der Waals surface area contributed by atoms with Crippen molar-refractivity contribution < 1.29 is 9.59 Å². The first-order valence-corrected chi connectivity index (χ1v) is 8.23. The monoisotopic (exact) mass is 339 g/mol. The Labute approximate surface area is 145 Å². The second-order valence-corrected chi connectivity index (χ2v) is 5.94. The quantitative estimate of drug-likeness (QED) is 0.571. The molecule has 7 heteroatoms. The van der Waals surface area contributed by atoms with Crippen molar-refractivity contribution in [1.29, 1.82) is 0 Å². The lowest BCUT2D eigenvalue weighted by molar-refractivity contribution is -0.120. The number of fused-ring (bicyclic) bond motifs is 1. The van der Waals surface area contributed by atoms with Crippen LogP contribution in [0.25, 0.3) is 10.9 Å². The number of aryl methyl sites for hydroxylation is 2. The molecule has 0 aliphatic heterocycles. The van der Waals surface area contributed by atoms with Crippen LogP contribution >= 0.6 is 0 Å². The van der Waals surface area contributed by atoms with Crippen LogP contribution in [0.2, 0.25) is 0 Å². The number of hydrogen-bond acceptors (Lipinski definition) is 3. The normalized spacial score (nSPS) is 10.8. The number of carbonyl (C=O) groups is 2. The second-order valence-electron chi connectivity index (χ2n) is 5.94. The van der Waals surface area contributed by atoms with Crippen LogP contribution in [0.4, 0.5) is 0 Å². The van der Waals surface area contributed by atoms with E-state index >= 15 is 0 Å². The van der Waals surface area contributed by atoms with Crippen LogP contribution in [0.3, 0.4) is 0 Å². The molecule has 1 aromatic carbocycles. The Hall–Kier alpha value is -3.09. The molecule has 0 radical (unpaired) electrons. The third-order valence-electron chi connectivity index (χ3n) is 3.83. The van der Waals surface area contributed by atoms with Gasteiger partial charge in [0.25, 0.3) is 5.91 Å². The SMILES string of the molecule is Cc1cnn(CCCNC(=O)CNC(=O)c2cc3ccccc3[nH]2)c1. The Balaban J connectivity index is 1.38. The van der Waals surface area contributed by atoms with Crippen molar-refractivity contribution in [2.75, 3.05) is 13.1 Å². The molecule has 7 nitrogen and oxygen atoms in total. The van der Waals surface area contributed by atoms with Gasteiger partial charge in [0.2, 0.25) is 5.91 Å². The number of nitrogens with zero attached hydrogens (tertiary/aromatic N) is 2. The molecule has 3 N–H and O–H groups in total. The standard InChI is InChI=1S/C18H21N5O2/c1-13-10-21-23(12-13)8-4-7-19-17(24)11-20-18(25)16-9-14-5-2-3-6-15(14)22-16/h2-3,5-6,9-10,12,22H,4,7-8,11H2,1H3,(H,19,24)(H,20,25). The average Bonchev–Trinajstić information content (AvgIpc) is 3.22. The number of rotatable bonds is 7. The van der Waals surface area contributed by atoms with E-state index in [1.54, 1.807) is 12.3 Å². The lowest BCUT2D eigenvalue weighted by atomic mass is 10.2. The summed E-state index contributed by atoms with van der Waals surface area (Å²) in [6.45, 7) is 3.23. The number of H-pyrrole nitrogens is 1. The first-order valence-electron chi connectivity index (χ1n) is 8.23. The summed E-state index contributed by atoms with van der Waals surface area (Å²) < 4.78 is 1.85. The van der Waals surface area contributed by atoms with E-state index in [-0.39, 0.29) is 18.4 Å². The minimum atomic E-state index is -0.293. The van der Waals surface area contributed by atoms with E-state index < -0.39 is 0 Å². The van der Waals surface area contributed by atoms with Crippen molar-refractivity contribution in [2.45, 2.75) is 19.9 Å². The molecule has 0 atom stereocenters. The fourth-order valence-electron chi connectivity index (χ4n) is 2.57. The van der Waals surface area contributed by atoms with Gasteiger partial charge in [-0.05, 0) is 31.0 Å². The van der Waals surface area contributed by atoms with Gasteiger partial charge in [0, 0.05) is 30.2 Å². The number of benzene rings is 1. The van der Waals surface area contributed by atoms with Crippen molar-refractivity contribution in [1.82, 2.24) is 25.4 Å². The molecule has 0 saturated carbocycles. The highest BCUT2D eigenvalue weighted by molar-refractivity contribution is 5.99. The maximum absolute atomic E-state index is 12.1. The Morgan fingerprint density at radius 3 is 2.84 bits per heavy atom. The predicted octanol–water partition coefficient (Wildman–Crippen LogP) is 1.61. The van der Waals surface area contributed by atoms with Crippen LogP contribution in [0.15, 0.2) is 42.7 Å². The summed E-state index contributed by atoms with van der Waals surface area (Å²) in [5, 5.41) is 10.6. The van der Waals surface area contributed by atoms with Crippen molar-refractivity contribution in [3.05, 3.63) is 54.0 Å². The Kier molecular flexibility index (Phi) is 5.13. The third-order valence-corrected chi connectivity index (χ3v) is 3.83. The maximum Gasteiger partial charge on any atom is 0.268 e. The van der Waals surface area contributed by atoms with Gasteiger partial charge in [-0.15, -0.1) is 0 Å². The van der Waals surface area contributed by atoms with Crippen LogP contribution in [0.1, 0.15) is 22.5 Å². The molecule has 0 spiro atoms. The zero-order valence-corrected chi connectivity index (χ0v) is 14.1. The Morgan fingerprint density at radius 2 is 2.08 bits per heavy atom. The molecule has 0 aliphatic rings. The van der Waals surface area contributed by atoms with Gasteiger partial charge < -0.3 is 15.6 Å². The molecule has 0 aliphatic carbocycles. The fraction of sp³-hybridized carbons (Fsp3) is 0.278. The van der Waals surface area contributed by atoms with Crippen molar-refractivity contribution in [3.63, 3.8) is 0 Å². The number of aromatic nitrogens is 3. The first kappa shape index (κ1) is 16.8. The van der Waals surface area contributed by atoms with Gasteiger partial charge in [-0.1, -0.05) is 18.2 Å². The molecule has 3 aromatic rings. The van der Waals surface area contributed by atoms with Gasteiger partial charge in [0.05, 0.1) is 12.7 Å². The number of carbonyl (C=O) groups excluding carboxylic acids is 2. The second kappa shape index (κ2) is 7.65. The summed E-state index contributed by atoms with van der Waals surface area (Å²) in [6.07, 6.45) is 4.54. The minimum absolute atomic E-state index is 0.0466. The van der Waals surface area contributed by atoms with Gasteiger partial charge in [-0.2, -0.15) is 5.10 Å². The van der Waals surface area contributed by atoms with Gasteiger partial charge in [-0.3, -0.25) is 14.3 Å². The Bertz CT molecular complexity index is 847. The van der Waals surface area contributed by atoms with Gasteiger partial charge in [0.15, 0.2) is 0 Å². The molecule has 2 heterocycles. The van der Waals surface area contributed by atoms with Gasteiger partial charge >= 0.3 is 0 Å². The topological polar surface area (TPSA) is 91.8 Å². The molecule has 2 amide bonds. The smallest absolute Gasteiger partial charge is 0.268 e. The van der Waals surface area contributed by atoms with E-state index in [4.69, 9.17) is 0 Å². The number of nitrogens with one attached hydrogen (secondary N) is 3. The van der Waals surface area contributed by atoms with Crippen LogP contribution in [-0.2, 0) is 11.3 Å². The highest BCUT2D eigenvalue weighted by Crippen LogP contribution is 2.14. The lowest BCUT2D eigenvalue weighted by Crippen LogP contribution is -2.37. The zero-order chi connectivity index (χ0) is 17.6. The van der Waals surface area contributed by atoms with Crippen LogP contribution in [0, 0.1) is 6.92 Å². The highest BCUT2D eigenvalue weighted by atomic mass is 16.2. The van der Waals surface area contributed by atoms with E-state index in [1.807, 2.05) is 42.1 Å². The Morgan fingerprint density at radius 1 is 1.24 bits per heavy atom. The number of para-hydroxylation sites is 1. The summed E-state index contributed by atoms with van der Waals surface area (Å²) in [7, 11) is 0. The summed E-state index contributed by atoms with van der Waals surface area (Å²) in [6, 6.07) is 9.42. The molecular weight excluding hydrogens is 318 g/mol. The molecule has 0 fully saturated rings. The molecule has 130 valence electrons. The predicted molar refractivity (Wildman–Crippen MR) is 95.2 cm³/mol. The summed E-state index contributed by atoms with van der Waals surface area (Å²) >= 11 is 0. The van der Waals surface area contributed by atoms with E-state index in [2.05, 4.69) is 20.7 Å². The van der Waals surface area contributed by atoms with E-state index in [0.717, 1.165) is 29.4 Å². The molecular formula is C18H21N5O2. The van der Waals surface area contributed by atoms with E-state index in [9.17, 15) is 9.59 Å². The first-order chi connectivity index (χ1) is 12.1. The maximum atomic E-state index is 12.1. The van der Waals surface area contributed by atoms with Crippen molar-refractivity contribution >= 4 is 22.7 Å². The number of aromatic amines is 1. The third kappa shape index (κ3) is 4.47. The van der Waals surface area contributed by atoms with Crippen molar-refractivity contribution in [2.24, 2.45) is 0 Å². The van der Waals surface area contributed by atoms with Crippen molar-refractivity contribution in [3.8, 4) is 0 Å². The summed E-state index contributed by atoms with van der Waals surface area (Å²) in [5.41, 5.74) is 2.46. The number of hydrogen-bond donors (Lipinski definition) is 3. The lowest BCUT2D eigenvalue weighted by Gasteiger charge is -2.06. The van der Waals surface area contributed by atoms with Crippen LogP contribution < -0.4 is 10.6 Å². The molecule has 0 unspecified atom stereocenters. The fourth-order valence-corrected chi connectivity index (χ4v) is 2.57. The van der Waals surface area contributed by atoms with Crippen LogP contribution in [-0.4, -0.2) is 39.7 Å². The summed E-state index contributed by atoms with van der Waals surface area (Å²) in [4.78, 5) is 26.9. The molecule has 2 aromatic heterocycles. The van der Waals surface area contributed by atoms with E-state index in [1.165, 1.54) is 0 Å². The van der Waals surface area contributed by atoms with Crippen LogP contribution in [0.5, 0.6) is 0 Å². The molecule has 0 bridgehead atoms. The zero-order valence-electron chi connectivity index (χ0n) is 14.1. The molecule has 3 rings (SSSR count). The summed E-state index contributed by atoms with van der Waals surface area (Å²) in [5.74, 6) is -0.500. The number of amides is 2. The largest absolute Gasteiger partial charge is 0.355 e. The highest BCUT2D eigenvalue weighted by Gasteiger charge is 2.10. The van der Waals surface area contributed by atoms with Gasteiger partial charge in [-0.25, -0.2) is 0 Å². The molecule has 0 saturated heterocycles. The molecule has 25 heavy (non-hydrogen) atoms. The van der Waals surface area contributed by atoms with Gasteiger partial charge in [0.1, 0.15) is 5.69 Å². The van der Waals surface area contributed by atoms with E-state index in [0.29, 0.717) is 12.2 Å². The average molecular weight is 339 g/mol. The minimum Gasteiger partial charge on any atom is -0.355 e.